The van der Waals surface area contributed by atoms with Gasteiger partial charge in [-0.1, -0.05) is 25.1 Å². The van der Waals surface area contributed by atoms with Gasteiger partial charge in [0, 0.05) is 38.3 Å². The number of rotatable bonds is 13. The zero-order valence-corrected chi connectivity index (χ0v) is 19.9. The molecular formula is C26H37N3O4. The average molecular weight is 456 g/mol. The Bertz CT molecular complexity index is 839. The van der Waals surface area contributed by atoms with E-state index in [0.29, 0.717) is 43.4 Å². The Hall–Kier alpha value is -2.77. The maximum atomic E-state index is 12.6. The fraction of sp³-hybridized carbons (Fsp3) is 0.500. The molecule has 1 N–H and O–H groups in total. The number of para-hydroxylation sites is 1. The summed E-state index contributed by atoms with van der Waals surface area (Å²) in [6, 6.07) is 14.9. The van der Waals surface area contributed by atoms with Crippen LogP contribution < -0.4 is 19.5 Å². The number of carbonyl (C=O) groups excluding carboxylic acids is 1. The van der Waals surface area contributed by atoms with Gasteiger partial charge in [0.1, 0.15) is 19.0 Å². The van der Waals surface area contributed by atoms with E-state index in [1.54, 1.807) is 18.2 Å². The van der Waals surface area contributed by atoms with Crippen molar-refractivity contribution in [3.63, 3.8) is 0 Å². The van der Waals surface area contributed by atoms with E-state index in [2.05, 4.69) is 22.0 Å². The van der Waals surface area contributed by atoms with E-state index in [1.165, 1.54) is 0 Å². The molecule has 0 aliphatic carbocycles. The molecule has 1 amide bonds. The summed E-state index contributed by atoms with van der Waals surface area (Å²) < 4.78 is 17.2. The van der Waals surface area contributed by atoms with Crippen LogP contribution in [0.3, 0.4) is 0 Å². The quantitative estimate of drug-likeness (QED) is 0.468. The van der Waals surface area contributed by atoms with Gasteiger partial charge in [-0.05, 0) is 56.8 Å². The minimum Gasteiger partial charge on any atom is -0.490 e. The largest absolute Gasteiger partial charge is 0.490 e. The van der Waals surface area contributed by atoms with Crippen LogP contribution in [-0.4, -0.2) is 81.3 Å². The van der Waals surface area contributed by atoms with Crippen molar-refractivity contribution in [1.82, 2.24) is 15.1 Å². The van der Waals surface area contributed by atoms with Crippen molar-refractivity contribution in [3.8, 4) is 17.2 Å². The molecule has 3 rings (SSSR count). The molecular weight excluding hydrogens is 418 g/mol. The number of likely N-dealkylation sites (N-methyl/N-ethyl adjacent to an activating group) is 1. The monoisotopic (exact) mass is 455 g/mol. The number of hydrogen-bond donors (Lipinski definition) is 1. The van der Waals surface area contributed by atoms with E-state index < -0.39 is 0 Å². The van der Waals surface area contributed by atoms with E-state index in [0.717, 1.165) is 51.4 Å². The molecule has 0 radical (unpaired) electrons. The molecule has 0 bridgehead atoms. The molecule has 2 aromatic rings. The molecule has 2 aromatic carbocycles. The van der Waals surface area contributed by atoms with Crippen LogP contribution in [0.1, 0.15) is 30.6 Å². The topological polar surface area (TPSA) is 63.3 Å². The second-order valence-corrected chi connectivity index (χ2v) is 7.99. The van der Waals surface area contributed by atoms with Gasteiger partial charge in [-0.15, -0.1) is 0 Å². The maximum absolute atomic E-state index is 12.6. The predicted molar refractivity (Wildman–Crippen MR) is 131 cm³/mol. The van der Waals surface area contributed by atoms with Gasteiger partial charge in [0.05, 0.1) is 6.61 Å². The summed E-state index contributed by atoms with van der Waals surface area (Å²) >= 11 is 0. The van der Waals surface area contributed by atoms with Gasteiger partial charge in [-0.2, -0.15) is 0 Å². The van der Waals surface area contributed by atoms with E-state index in [4.69, 9.17) is 14.2 Å². The summed E-state index contributed by atoms with van der Waals surface area (Å²) in [6.45, 7) is 12.7. The van der Waals surface area contributed by atoms with Crippen LogP contribution in [0.2, 0.25) is 0 Å². The summed E-state index contributed by atoms with van der Waals surface area (Å²) in [5, 5.41) is 3.03. The summed E-state index contributed by atoms with van der Waals surface area (Å²) in [5.41, 5.74) is 0.572. The number of benzene rings is 2. The summed E-state index contributed by atoms with van der Waals surface area (Å²) in [7, 11) is 0. The van der Waals surface area contributed by atoms with Crippen LogP contribution in [0.15, 0.2) is 48.5 Å². The van der Waals surface area contributed by atoms with Gasteiger partial charge in [-0.3, -0.25) is 4.79 Å². The molecule has 1 saturated heterocycles. The van der Waals surface area contributed by atoms with Crippen LogP contribution in [0.4, 0.5) is 0 Å². The fourth-order valence-electron chi connectivity index (χ4n) is 3.80. The summed E-state index contributed by atoms with van der Waals surface area (Å²) in [6.07, 6.45) is 0.943. The molecule has 33 heavy (non-hydrogen) atoms. The molecule has 0 unspecified atom stereocenters. The highest BCUT2D eigenvalue weighted by molar-refractivity contribution is 5.94. The molecule has 180 valence electrons. The molecule has 1 heterocycles. The van der Waals surface area contributed by atoms with E-state index >= 15 is 0 Å². The molecule has 0 atom stereocenters. The minimum atomic E-state index is -0.0919. The first-order chi connectivity index (χ1) is 16.2. The Morgan fingerprint density at radius 2 is 1.61 bits per heavy atom. The lowest BCUT2D eigenvalue weighted by atomic mass is 10.2. The first kappa shape index (κ1) is 24.9. The Kier molecular flexibility index (Phi) is 10.3. The number of amides is 1. The first-order valence-electron chi connectivity index (χ1n) is 12.0. The number of hydrogen-bond acceptors (Lipinski definition) is 6. The average Bonchev–Trinajstić information content (AvgIpc) is 2.86. The molecule has 0 saturated carbocycles. The molecule has 7 nitrogen and oxygen atoms in total. The number of ether oxygens (including phenoxy) is 3. The van der Waals surface area contributed by atoms with Gasteiger partial charge in [0.25, 0.3) is 5.91 Å². The van der Waals surface area contributed by atoms with Crippen LogP contribution in [0.25, 0.3) is 0 Å². The zero-order chi connectivity index (χ0) is 23.3. The van der Waals surface area contributed by atoms with Gasteiger partial charge in [0.15, 0.2) is 11.5 Å². The third-order valence-electron chi connectivity index (χ3n) is 5.71. The summed E-state index contributed by atoms with van der Waals surface area (Å²) in [4.78, 5) is 17.6. The molecule has 1 aliphatic heterocycles. The highest BCUT2D eigenvalue weighted by Gasteiger charge is 2.15. The standard InChI is InChI=1S/C26H37N3O4/c1-3-28-15-17-29(18-16-28)14-8-13-27-26(30)22-11-12-24(25(21-22)31-4-2)33-20-19-32-23-9-6-5-7-10-23/h5-7,9-12,21H,3-4,8,13-20H2,1-2H3,(H,27,30). The minimum absolute atomic E-state index is 0.0919. The van der Waals surface area contributed by atoms with Crippen LogP contribution in [-0.2, 0) is 0 Å². The highest BCUT2D eigenvalue weighted by atomic mass is 16.5. The third kappa shape index (κ3) is 8.26. The van der Waals surface area contributed by atoms with Crippen LogP contribution >= 0.6 is 0 Å². The Labute approximate surface area is 197 Å². The maximum Gasteiger partial charge on any atom is 0.251 e. The first-order valence-corrected chi connectivity index (χ1v) is 12.0. The fourth-order valence-corrected chi connectivity index (χ4v) is 3.80. The van der Waals surface area contributed by atoms with E-state index in [1.807, 2.05) is 37.3 Å². The normalized spacial score (nSPS) is 14.6. The molecule has 0 spiro atoms. The number of piperazine rings is 1. The lowest BCUT2D eigenvalue weighted by Gasteiger charge is -2.33. The van der Waals surface area contributed by atoms with Crippen LogP contribution in [0.5, 0.6) is 17.2 Å². The molecule has 1 fully saturated rings. The number of nitrogens with zero attached hydrogens (tertiary/aromatic N) is 2. The van der Waals surface area contributed by atoms with Gasteiger partial charge < -0.3 is 29.3 Å². The van der Waals surface area contributed by atoms with Crippen molar-refractivity contribution in [1.29, 1.82) is 0 Å². The van der Waals surface area contributed by atoms with Gasteiger partial charge >= 0.3 is 0 Å². The molecule has 7 heteroatoms. The lowest BCUT2D eigenvalue weighted by Crippen LogP contribution is -2.46. The Balaban J connectivity index is 1.41. The van der Waals surface area contributed by atoms with E-state index in [-0.39, 0.29) is 5.91 Å². The predicted octanol–water partition coefficient (Wildman–Crippen LogP) is 3.30. The third-order valence-corrected chi connectivity index (χ3v) is 5.71. The number of carbonyl (C=O) groups is 1. The van der Waals surface area contributed by atoms with Crippen molar-refractivity contribution in [2.45, 2.75) is 20.3 Å². The molecule has 1 aliphatic rings. The van der Waals surface area contributed by atoms with Gasteiger partial charge in [0.2, 0.25) is 0 Å². The van der Waals surface area contributed by atoms with Crippen LogP contribution in [0, 0.1) is 0 Å². The van der Waals surface area contributed by atoms with E-state index in [9.17, 15) is 4.79 Å². The number of nitrogens with one attached hydrogen (secondary N) is 1. The lowest BCUT2D eigenvalue weighted by molar-refractivity contribution is 0.0947. The second kappa shape index (κ2) is 13.7. The smallest absolute Gasteiger partial charge is 0.251 e. The van der Waals surface area contributed by atoms with Gasteiger partial charge in [-0.25, -0.2) is 0 Å². The Morgan fingerprint density at radius 1 is 0.879 bits per heavy atom. The summed E-state index contributed by atoms with van der Waals surface area (Å²) in [5.74, 6) is 1.89. The van der Waals surface area contributed by atoms with Crippen molar-refractivity contribution in [2.24, 2.45) is 0 Å². The molecule has 0 aromatic heterocycles. The zero-order valence-electron chi connectivity index (χ0n) is 19.9. The van der Waals surface area contributed by atoms with Crippen molar-refractivity contribution in [3.05, 3.63) is 54.1 Å². The van der Waals surface area contributed by atoms with Crippen molar-refractivity contribution < 1.29 is 19.0 Å². The highest BCUT2D eigenvalue weighted by Crippen LogP contribution is 2.28. The Morgan fingerprint density at radius 3 is 2.33 bits per heavy atom. The van der Waals surface area contributed by atoms with Crippen molar-refractivity contribution in [2.75, 3.05) is 65.6 Å². The SMILES string of the molecule is CCOc1cc(C(=O)NCCCN2CCN(CC)CC2)ccc1OCCOc1ccccc1. The second-order valence-electron chi connectivity index (χ2n) is 7.99. The van der Waals surface area contributed by atoms with Crippen molar-refractivity contribution >= 4 is 5.91 Å².